The zero-order chi connectivity index (χ0) is 20.3. The Hall–Kier alpha value is -2.37. The number of aliphatic carboxylic acids is 1. The molecule has 0 radical (unpaired) electrons. The lowest BCUT2D eigenvalue weighted by Crippen LogP contribution is -2.59. The molecule has 1 aromatic carbocycles. The second-order valence-corrected chi connectivity index (χ2v) is 8.25. The lowest BCUT2D eigenvalue weighted by atomic mass is 9.79. The van der Waals surface area contributed by atoms with Gasteiger partial charge in [-0.2, -0.15) is 0 Å². The number of carboxylic acid groups (broad SMARTS) is 1. The van der Waals surface area contributed by atoms with Crippen LogP contribution in [0.1, 0.15) is 60.9 Å². The van der Waals surface area contributed by atoms with Gasteiger partial charge in [0.25, 0.3) is 5.91 Å². The second kappa shape index (κ2) is 8.33. The highest BCUT2D eigenvalue weighted by Gasteiger charge is 2.47. The predicted molar refractivity (Wildman–Crippen MR) is 106 cm³/mol. The van der Waals surface area contributed by atoms with Crippen LogP contribution in [0.2, 0.25) is 0 Å². The first kappa shape index (κ1) is 20.4. The lowest BCUT2D eigenvalue weighted by molar-refractivity contribution is -0.162. The van der Waals surface area contributed by atoms with Crippen LogP contribution in [0, 0.1) is 12.8 Å². The molecule has 2 aliphatic rings. The number of likely N-dealkylation sites (tertiary alicyclic amines) is 1. The van der Waals surface area contributed by atoms with Crippen LogP contribution < -0.4 is 0 Å². The van der Waals surface area contributed by atoms with Crippen LogP contribution in [0.3, 0.4) is 0 Å². The third kappa shape index (κ3) is 3.91. The molecular weight excluding hydrogens is 356 g/mol. The fourth-order valence-corrected chi connectivity index (χ4v) is 4.56. The zero-order valence-electron chi connectivity index (χ0n) is 16.8. The Balaban J connectivity index is 1.72. The molecule has 28 heavy (non-hydrogen) atoms. The number of piperidine rings is 1. The number of nitrogens with zero attached hydrogens (tertiary/aromatic N) is 2. The molecule has 0 spiro atoms. The zero-order valence-corrected chi connectivity index (χ0v) is 16.8. The highest BCUT2D eigenvalue weighted by Crippen LogP contribution is 2.35. The summed E-state index contributed by atoms with van der Waals surface area (Å²) >= 11 is 0. The summed E-state index contributed by atoms with van der Waals surface area (Å²) < 4.78 is 0. The van der Waals surface area contributed by atoms with Crippen LogP contribution in [-0.2, 0) is 9.59 Å². The molecule has 1 aliphatic carbocycles. The molecule has 1 aromatic rings. The van der Waals surface area contributed by atoms with Crippen LogP contribution in [0.5, 0.6) is 0 Å². The van der Waals surface area contributed by atoms with Crippen LogP contribution in [0.25, 0.3) is 0 Å². The van der Waals surface area contributed by atoms with Crippen molar-refractivity contribution in [3.63, 3.8) is 0 Å². The van der Waals surface area contributed by atoms with E-state index in [1.54, 1.807) is 11.9 Å². The number of carboxylic acids is 1. The van der Waals surface area contributed by atoms with Gasteiger partial charge in [0.2, 0.25) is 5.91 Å². The Morgan fingerprint density at radius 3 is 2.32 bits per heavy atom. The van der Waals surface area contributed by atoms with E-state index in [9.17, 15) is 19.5 Å². The van der Waals surface area contributed by atoms with E-state index in [1.165, 1.54) is 4.90 Å². The molecule has 1 saturated carbocycles. The molecule has 1 unspecified atom stereocenters. The Morgan fingerprint density at radius 2 is 1.71 bits per heavy atom. The molecule has 152 valence electrons. The summed E-state index contributed by atoms with van der Waals surface area (Å²) in [5.74, 6) is -1.46. The molecule has 1 heterocycles. The third-order valence-electron chi connectivity index (χ3n) is 6.41. The number of likely N-dealkylation sites (N-methyl/N-ethyl adjacent to an activating group) is 1. The first-order valence-electron chi connectivity index (χ1n) is 10.2. The van der Waals surface area contributed by atoms with E-state index in [-0.39, 0.29) is 17.7 Å². The molecule has 6 nitrogen and oxygen atoms in total. The van der Waals surface area contributed by atoms with Crippen LogP contribution >= 0.6 is 0 Å². The maximum Gasteiger partial charge on any atom is 0.329 e. The van der Waals surface area contributed by atoms with Crippen molar-refractivity contribution >= 4 is 17.8 Å². The number of rotatable bonds is 4. The molecule has 0 aromatic heterocycles. The van der Waals surface area contributed by atoms with E-state index in [1.807, 2.05) is 31.2 Å². The van der Waals surface area contributed by atoms with Gasteiger partial charge in [-0.25, -0.2) is 4.79 Å². The highest BCUT2D eigenvalue weighted by atomic mass is 16.4. The van der Waals surface area contributed by atoms with E-state index in [4.69, 9.17) is 0 Å². The largest absolute Gasteiger partial charge is 0.479 e. The molecule has 1 atom stereocenters. The topological polar surface area (TPSA) is 77.9 Å². The molecule has 2 fully saturated rings. The Kier molecular flexibility index (Phi) is 6.06. The van der Waals surface area contributed by atoms with Gasteiger partial charge in [-0.15, -0.1) is 0 Å². The Morgan fingerprint density at radius 1 is 1.07 bits per heavy atom. The van der Waals surface area contributed by atoms with Gasteiger partial charge in [0.15, 0.2) is 0 Å². The number of aryl methyl sites for hydroxylation is 1. The van der Waals surface area contributed by atoms with Crippen molar-refractivity contribution in [2.45, 2.75) is 57.4 Å². The minimum Gasteiger partial charge on any atom is -0.479 e. The van der Waals surface area contributed by atoms with E-state index in [2.05, 4.69) is 0 Å². The quantitative estimate of drug-likeness (QED) is 0.863. The normalized spacial score (nSPS) is 21.8. The summed E-state index contributed by atoms with van der Waals surface area (Å²) in [5.41, 5.74) is 0.621. The number of carbonyl (C=O) groups is 3. The minimum absolute atomic E-state index is 0.0641. The average Bonchev–Trinajstić information content (AvgIpc) is 2.73. The van der Waals surface area contributed by atoms with E-state index in [0.717, 1.165) is 31.2 Å². The summed E-state index contributed by atoms with van der Waals surface area (Å²) in [4.78, 5) is 41.2. The summed E-state index contributed by atoms with van der Waals surface area (Å²) in [5, 5.41) is 9.86. The maximum absolute atomic E-state index is 13.2. The smallest absolute Gasteiger partial charge is 0.329 e. The third-order valence-corrected chi connectivity index (χ3v) is 6.41. The maximum atomic E-state index is 13.2. The van der Waals surface area contributed by atoms with E-state index >= 15 is 0 Å². The Labute approximate surface area is 166 Å². The fraction of sp³-hybridized carbons (Fsp3) is 0.591. The number of hydrogen-bond acceptors (Lipinski definition) is 3. The van der Waals surface area contributed by atoms with Gasteiger partial charge in [0.1, 0.15) is 5.54 Å². The summed E-state index contributed by atoms with van der Waals surface area (Å²) in [6.07, 6.45) is 5.11. The molecule has 1 saturated heterocycles. The molecule has 2 amide bonds. The number of carbonyl (C=O) groups excluding carboxylic acids is 2. The van der Waals surface area contributed by atoms with Crippen molar-refractivity contribution in [1.29, 1.82) is 0 Å². The summed E-state index contributed by atoms with van der Waals surface area (Å²) in [7, 11) is 1.63. The van der Waals surface area contributed by atoms with Crippen LogP contribution in [-0.4, -0.2) is 58.4 Å². The summed E-state index contributed by atoms with van der Waals surface area (Å²) in [6.45, 7) is 2.96. The van der Waals surface area contributed by atoms with Crippen molar-refractivity contribution in [2.75, 3.05) is 20.1 Å². The molecule has 6 heteroatoms. The van der Waals surface area contributed by atoms with Crippen molar-refractivity contribution < 1.29 is 19.5 Å². The van der Waals surface area contributed by atoms with Crippen molar-refractivity contribution in [2.24, 2.45) is 5.92 Å². The standard InChI is InChI=1S/C22H30N2O4/c1-16-8-10-17(11-9-16)20(26)24-14-6-7-18(15-24)19(25)23(2)22(21(27)28)12-4-3-5-13-22/h8-11,18H,3-7,12-15H2,1-2H3,(H,27,28). The first-order valence-corrected chi connectivity index (χ1v) is 10.2. The number of hydrogen-bond donors (Lipinski definition) is 1. The molecule has 1 aliphatic heterocycles. The fourth-order valence-electron chi connectivity index (χ4n) is 4.56. The number of benzene rings is 1. The lowest BCUT2D eigenvalue weighted by Gasteiger charge is -2.43. The molecule has 3 rings (SSSR count). The van der Waals surface area contributed by atoms with Crippen LogP contribution in [0.15, 0.2) is 24.3 Å². The van der Waals surface area contributed by atoms with Gasteiger partial charge in [-0.1, -0.05) is 37.0 Å². The summed E-state index contributed by atoms with van der Waals surface area (Å²) in [6, 6.07) is 7.45. The van der Waals surface area contributed by atoms with Gasteiger partial charge < -0.3 is 14.9 Å². The predicted octanol–water partition coefficient (Wildman–Crippen LogP) is 3.09. The van der Waals surface area contributed by atoms with E-state index < -0.39 is 11.5 Å². The SMILES string of the molecule is Cc1ccc(C(=O)N2CCCC(C(=O)N(C)C3(C(=O)O)CCCCC3)C2)cc1. The van der Waals surface area contributed by atoms with Gasteiger partial charge in [0.05, 0.1) is 5.92 Å². The van der Waals surface area contributed by atoms with Crippen LogP contribution in [0.4, 0.5) is 0 Å². The van der Waals surface area contributed by atoms with Crippen molar-refractivity contribution in [3.8, 4) is 0 Å². The van der Waals surface area contributed by atoms with E-state index in [0.29, 0.717) is 37.9 Å². The van der Waals surface area contributed by atoms with Gasteiger partial charge in [-0.3, -0.25) is 9.59 Å². The first-order chi connectivity index (χ1) is 13.3. The average molecular weight is 386 g/mol. The molecule has 1 N–H and O–H groups in total. The number of amides is 2. The van der Waals surface area contributed by atoms with Crippen molar-refractivity contribution in [1.82, 2.24) is 9.80 Å². The second-order valence-electron chi connectivity index (χ2n) is 8.25. The Bertz CT molecular complexity index is 737. The highest BCUT2D eigenvalue weighted by molar-refractivity contribution is 5.95. The molecule has 0 bridgehead atoms. The minimum atomic E-state index is -1.10. The monoisotopic (exact) mass is 386 g/mol. The van der Waals surface area contributed by atoms with Gasteiger partial charge >= 0.3 is 5.97 Å². The molecular formula is C22H30N2O4. The van der Waals surface area contributed by atoms with Gasteiger partial charge in [-0.05, 0) is 44.7 Å². The van der Waals surface area contributed by atoms with Crippen molar-refractivity contribution in [3.05, 3.63) is 35.4 Å². The van der Waals surface area contributed by atoms with Gasteiger partial charge in [0, 0.05) is 25.7 Å².